The molecule has 11 heavy (non-hydrogen) atoms. The van der Waals surface area contributed by atoms with Gasteiger partial charge < -0.3 is 0 Å². The summed E-state index contributed by atoms with van der Waals surface area (Å²) in [6, 6.07) is 0. The molecule has 0 aliphatic heterocycles. The van der Waals surface area contributed by atoms with Crippen LogP contribution in [-0.2, 0) is 0 Å². The molecule has 0 nitrogen and oxygen atoms in total. The Morgan fingerprint density at radius 1 is 1.00 bits per heavy atom. The molecule has 0 spiro atoms. The highest BCUT2D eigenvalue weighted by Gasteiger charge is 2.47. The maximum atomic E-state index is 13.6. The molecule has 3 saturated carbocycles. The first kappa shape index (κ1) is 7.57. The first-order chi connectivity index (χ1) is 5.18. The fourth-order valence-corrected chi connectivity index (χ4v) is 2.75. The molecule has 0 aromatic carbocycles. The van der Waals surface area contributed by atoms with Gasteiger partial charge in [0.25, 0.3) is 0 Å². The van der Waals surface area contributed by atoms with Crippen LogP contribution in [0, 0.1) is 5.41 Å². The minimum absolute atomic E-state index is 0.563. The van der Waals surface area contributed by atoms with Crippen molar-refractivity contribution >= 4 is 0 Å². The monoisotopic (exact) mass is 156 g/mol. The standard InChI is InChI=1S/C10H17F/c1-2-9-3-6-10(11,7-4-9)8-5-9/h2-8H2,1H3. The van der Waals surface area contributed by atoms with E-state index in [1.807, 2.05) is 0 Å². The summed E-state index contributed by atoms with van der Waals surface area (Å²) in [5.74, 6) is 0. The molecule has 0 atom stereocenters. The van der Waals surface area contributed by atoms with Crippen molar-refractivity contribution in [2.45, 2.75) is 57.5 Å². The fourth-order valence-electron chi connectivity index (χ4n) is 2.75. The van der Waals surface area contributed by atoms with Crippen molar-refractivity contribution in [1.82, 2.24) is 0 Å². The molecule has 0 unspecified atom stereocenters. The van der Waals surface area contributed by atoms with E-state index in [0.29, 0.717) is 5.41 Å². The molecular formula is C10H17F. The molecule has 64 valence electrons. The van der Waals surface area contributed by atoms with Crippen LogP contribution in [-0.4, -0.2) is 5.67 Å². The first-order valence-electron chi connectivity index (χ1n) is 4.87. The molecular weight excluding hydrogens is 139 g/mol. The summed E-state index contributed by atoms with van der Waals surface area (Å²) in [5.41, 5.74) is -0.176. The highest BCUT2D eigenvalue weighted by molar-refractivity contribution is 4.99. The molecule has 3 fully saturated rings. The van der Waals surface area contributed by atoms with E-state index in [1.54, 1.807) is 0 Å². The number of halogens is 1. The smallest absolute Gasteiger partial charge is 0.111 e. The topological polar surface area (TPSA) is 0 Å². The van der Waals surface area contributed by atoms with Crippen molar-refractivity contribution in [1.29, 1.82) is 0 Å². The zero-order valence-corrected chi connectivity index (χ0v) is 7.33. The van der Waals surface area contributed by atoms with E-state index < -0.39 is 5.67 Å². The van der Waals surface area contributed by atoms with Crippen LogP contribution >= 0.6 is 0 Å². The van der Waals surface area contributed by atoms with Gasteiger partial charge in [0.2, 0.25) is 0 Å². The van der Waals surface area contributed by atoms with Crippen LogP contribution in [0.1, 0.15) is 51.9 Å². The summed E-state index contributed by atoms with van der Waals surface area (Å²) in [4.78, 5) is 0. The van der Waals surface area contributed by atoms with Crippen molar-refractivity contribution in [3.05, 3.63) is 0 Å². The molecule has 0 amide bonds. The molecule has 0 radical (unpaired) electrons. The van der Waals surface area contributed by atoms with Crippen molar-refractivity contribution in [2.24, 2.45) is 5.41 Å². The van der Waals surface area contributed by atoms with E-state index in [1.165, 1.54) is 6.42 Å². The minimum Gasteiger partial charge on any atom is -0.244 e. The lowest BCUT2D eigenvalue weighted by Gasteiger charge is -2.49. The molecule has 3 aliphatic rings. The molecule has 0 saturated heterocycles. The van der Waals surface area contributed by atoms with Gasteiger partial charge in [0.15, 0.2) is 0 Å². The Labute approximate surface area is 68.2 Å². The van der Waals surface area contributed by atoms with Crippen molar-refractivity contribution < 1.29 is 4.39 Å². The van der Waals surface area contributed by atoms with Gasteiger partial charge in [-0.15, -0.1) is 0 Å². The predicted octanol–water partition coefficient (Wildman–Crippen LogP) is 3.46. The quantitative estimate of drug-likeness (QED) is 0.545. The Hall–Kier alpha value is -0.0700. The van der Waals surface area contributed by atoms with Gasteiger partial charge in [0.05, 0.1) is 0 Å². The van der Waals surface area contributed by atoms with E-state index in [-0.39, 0.29) is 0 Å². The lowest BCUT2D eigenvalue weighted by molar-refractivity contribution is -0.0361. The van der Waals surface area contributed by atoms with E-state index >= 15 is 0 Å². The van der Waals surface area contributed by atoms with E-state index in [0.717, 1.165) is 38.5 Å². The molecule has 0 heterocycles. The summed E-state index contributed by atoms with van der Waals surface area (Å²) in [7, 11) is 0. The average Bonchev–Trinajstić information content (AvgIpc) is 2.07. The Morgan fingerprint density at radius 3 is 1.82 bits per heavy atom. The third-order valence-corrected chi connectivity index (χ3v) is 4.06. The van der Waals surface area contributed by atoms with Gasteiger partial charge >= 0.3 is 0 Å². The number of alkyl halides is 1. The maximum absolute atomic E-state index is 13.6. The summed E-state index contributed by atoms with van der Waals surface area (Å²) < 4.78 is 13.6. The number of hydrogen-bond donors (Lipinski definition) is 0. The molecule has 3 rings (SSSR count). The van der Waals surface area contributed by atoms with Crippen LogP contribution in [0.15, 0.2) is 0 Å². The van der Waals surface area contributed by atoms with Crippen LogP contribution in [0.25, 0.3) is 0 Å². The third-order valence-electron chi connectivity index (χ3n) is 4.06. The predicted molar refractivity (Wildman–Crippen MR) is 44.3 cm³/mol. The highest BCUT2D eigenvalue weighted by Crippen LogP contribution is 2.55. The number of hydrogen-bond acceptors (Lipinski definition) is 0. The second-order valence-corrected chi connectivity index (χ2v) is 4.50. The Kier molecular flexibility index (Phi) is 1.52. The summed E-state index contributed by atoms with van der Waals surface area (Å²) in [6.07, 6.45) is 7.27. The van der Waals surface area contributed by atoms with Crippen LogP contribution in [0.3, 0.4) is 0 Å². The minimum atomic E-state index is -0.739. The van der Waals surface area contributed by atoms with Crippen LogP contribution in [0.4, 0.5) is 4.39 Å². The zero-order chi connectivity index (χ0) is 7.95. The van der Waals surface area contributed by atoms with Crippen LogP contribution in [0.2, 0.25) is 0 Å². The zero-order valence-electron chi connectivity index (χ0n) is 7.33. The lowest BCUT2D eigenvalue weighted by Crippen LogP contribution is -2.42. The van der Waals surface area contributed by atoms with Crippen molar-refractivity contribution in [2.75, 3.05) is 0 Å². The Morgan fingerprint density at radius 2 is 1.45 bits per heavy atom. The Balaban J connectivity index is 2.12. The number of rotatable bonds is 1. The second-order valence-electron chi connectivity index (χ2n) is 4.50. The average molecular weight is 156 g/mol. The van der Waals surface area contributed by atoms with Gasteiger partial charge in [-0.1, -0.05) is 13.3 Å². The van der Waals surface area contributed by atoms with Crippen LogP contribution < -0.4 is 0 Å². The van der Waals surface area contributed by atoms with Gasteiger partial charge in [-0.25, -0.2) is 4.39 Å². The van der Waals surface area contributed by atoms with Gasteiger partial charge in [-0.2, -0.15) is 0 Å². The number of fused-ring (bicyclic) bond motifs is 3. The summed E-state index contributed by atoms with van der Waals surface area (Å²) in [5, 5.41) is 0. The van der Waals surface area contributed by atoms with Gasteiger partial charge in [-0.3, -0.25) is 0 Å². The first-order valence-corrected chi connectivity index (χ1v) is 4.87. The molecule has 1 heteroatoms. The van der Waals surface area contributed by atoms with Crippen molar-refractivity contribution in [3.63, 3.8) is 0 Å². The van der Waals surface area contributed by atoms with Gasteiger partial charge in [-0.05, 0) is 43.9 Å². The molecule has 0 aromatic heterocycles. The van der Waals surface area contributed by atoms with E-state index in [2.05, 4.69) is 6.92 Å². The SMILES string of the molecule is CCC12CCC(F)(CC1)CC2. The van der Waals surface area contributed by atoms with E-state index in [9.17, 15) is 4.39 Å². The normalized spacial score (nSPS) is 49.6. The Bertz CT molecular complexity index is 138. The third kappa shape index (κ3) is 1.09. The van der Waals surface area contributed by atoms with Crippen LogP contribution in [0.5, 0.6) is 0 Å². The summed E-state index contributed by atoms with van der Waals surface area (Å²) in [6.45, 7) is 2.26. The highest BCUT2D eigenvalue weighted by atomic mass is 19.1. The largest absolute Gasteiger partial charge is 0.244 e. The molecule has 2 bridgehead atoms. The maximum Gasteiger partial charge on any atom is 0.111 e. The second kappa shape index (κ2) is 2.21. The summed E-state index contributed by atoms with van der Waals surface area (Å²) >= 11 is 0. The van der Waals surface area contributed by atoms with Gasteiger partial charge in [0.1, 0.15) is 5.67 Å². The fraction of sp³-hybridized carbons (Fsp3) is 1.00. The lowest BCUT2D eigenvalue weighted by atomic mass is 9.58. The van der Waals surface area contributed by atoms with E-state index in [4.69, 9.17) is 0 Å². The molecule has 0 N–H and O–H groups in total. The molecule has 3 aliphatic carbocycles. The van der Waals surface area contributed by atoms with Gasteiger partial charge in [0, 0.05) is 0 Å². The van der Waals surface area contributed by atoms with Crippen molar-refractivity contribution in [3.8, 4) is 0 Å². The molecule has 0 aromatic rings.